The molecule has 0 aromatic heterocycles. The first-order valence-corrected chi connectivity index (χ1v) is 7.10. The van der Waals surface area contributed by atoms with Crippen molar-refractivity contribution in [1.29, 1.82) is 0 Å². The Labute approximate surface area is 43.5 Å². The molecular weight excluding hydrogens is 137 g/mol. The average Bonchev–Trinajstić information content (AvgIpc) is 1.38. The quantitative estimate of drug-likeness (QED) is 0.488. The van der Waals surface area contributed by atoms with Crippen molar-refractivity contribution >= 4 is 14.3 Å². The summed E-state index contributed by atoms with van der Waals surface area (Å²) in [5.74, 6) is 4.54. The Hall–Kier alpha value is 0.243. The monoisotopic (exact) mass is 149 g/mol. The molecule has 0 aliphatic rings. The number of hydrogen-bond donors (Lipinski definition) is 0. The van der Waals surface area contributed by atoms with Crippen LogP contribution in [0.1, 0.15) is 0 Å². The van der Waals surface area contributed by atoms with Crippen LogP contribution in [-0.2, 0) is 0 Å². The number of hydrogen-bond acceptors (Lipinski definition) is 0. The molecule has 0 rings (SSSR count). The Morgan fingerprint density at radius 3 is 1.67 bits per heavy atom. The molecule has 0 amide bonds. The smallest absolute Gasteiger partial charge is 0.412 e. The summed E-state index contributed by atoms with van der Waals surface area (Å²) in [5.41, 5.74) is 0. The van der Waals surface area contributed by atoms with Crippen molar-refractivity contribution < 1.29 is 5.48 Å². The third-order valence-electron chi connectivity index (χ3n) is 0.408. The van der Waals surface area contributed by atoms with E-state index in [1.807, 2.05) is 0 Å². The molecular formula is C4H11GeO. The van der Waals surface area contributed by atoms with Crippen molar-refractivity contribution in [3.05, 3.63) is 11.5 Å². The molecule has 1 nitrogen and oxygen atoms in total. The predicted molar refractivity (Wildman–Crippen MR) is 31.3 cm³/mol. The van der Waals surface area contributed by atoms with Gasteiger partial charge in [-0.1, -0.05) is 0 Å². The summed E-state index contributed by atoms with van der Waals surface area (Å²) >= 11 is -0.593. The summed E-state index contributed by atoms with van der Waals surface area (Å²) in [6, 6.07) is 0. The van der Waals surface area contributed by atoms with Gasteiger partial charge in [0.25, 0.3) is 0 Å². The first kappa shape index (κ1) is 9.53. The van der Waals surface area contributed by atoms with Crippen LogP contribution >= 0.6 is 0 Å². The summed E-state index contributed by atoms with van der Waals surface area (Å²) in [5, 5.41) is 0. The Morgan fingerprint density at radius 2 is 1.67 bits per heavy atom. The van der Waals surface area contributed by atoms with Crippen LogP contribution in [0.5, 0.6) is 0 Å². The van der Waals surface area contributed by atoms with Gasteiger partial charge in [0.05, 0.1) is 0 Å². The maximum absolute atomic E-state index is 3.63. The second-order valence-electron chi connectivity index (χ2n) is 1.28. The fraction of sp³-hybridized carbons (Fsp3) is 0.500. The van der Waals surface area contributed by atoms with Crippen molar-refractivity contribution in [3.63, 3.8) is 0 Å². The molecule has 0 spiro atoms. The second-order valence-corrected chi connectivity index (χ2v) is 6.66. The second kappa shape index (κ2) is 5.24. The largest absolute Gasteiger partial charge is 0.412 e. The maximum Gasteiger partial charge on any atom is -0.412 e. The SMILES string of the molecule is C=[CH][Ge]([CH3])[CH3].O. The topological polar surface area (TPSA) is 31.5 Å². The minimum absolute atomic E-state index is 0. The molecule has 1 radical (unpaired) electrons. The molecule has 0 saturated heterocycles. The van der Waals surface area contributed by atoms with Crippen LogP contribution in [0.4, 0.5) is 0 Å². The molecule has 0 unspecified atom stereocenters. The van der Waals surface area contributed by atoms with Gasteiger partial charge in [-0.05, 0) is 0 Å². The molecule has 0 atom stereocenters. The van der Waals surface area contributed by atoms with Crippen LogP contribution in [-0.4, -0.2) is 19.8 Å². The van der Waals surface area contributed by atoms with Gasteiger partial charge in [0.2, 0.25) is 0 Å². The molecule has 0 aliphatic carbocycles. The van der Waals surface area contributed by atoms with Crippen LogP contribution in [0.25, 0.3) is 0 Å². The van der Waals surface area contributed by atoms with E-state index in [-0.39, 0.29) is 5.48 Å². The average molecular weight is 148 g/mol. The van der Waals surface area contributed by atoms with Crippen molar-refractivity contribution in [1.82, 2.24) is 0 Å². The zero-order chi connectivity index (χ0) is 4.28. The zero-order valence-corrected chi connectivity index (χ0v) is 6.38. The Bertz CT molecular complexity index is 34.5. The summed E-state index contributed by atoms with van der Waals surface area (Å²) in [6.07, 6.45) is 0. The Balaban J connectivity index is 0. The first-order valence-electron chi connectivity index (χ1n) is 1.70. The molecule has 0 saturated carbocycles. The molecule has 2 N–H and O–H groups in total. The van der Waals surface area contributed by atoms with E-state index in [4.69, 9.17) is 0 Å². The van der Waals surface area contributed by atoms with Gasteiger partial charge in [0.1, 0.15) is 0 Å². The van der Waals surface area contributed by atoms with E-state index in [1.165, 1.54) is 0 Å². The predicted octanol–water partition coefficient (Wildman–Crippen LogP) is 0.641. The normalized spacial score (nSPS) is 7.17. The van der Waals surface area contributed by atoms with Gasteiger partial charge in [0.15, 0.2) is 0 Å². The van der Waals surface area contributed by atoms with Crippen LogP contribution in [0.3, 0.4) is 0 Å². The third kappa shape index (κ3) is 8.87. The van der Waals surface area contributed by atoms with Gasteiger partial charge < -0.3 is 5.48 Å². The summed E-state index contributed by atoms with van der Waals surface area (Å²) in [4.78, 5) is 2.08. The van der Waals surface area contributed by atoms with Crippen LogP contribution < -0.4 is 0 Å². The maximum atomic E-state index is 3.63. The van der Waals surface area contributed by atoms with Gasteiger partial charge in [-0.15, -0.1) is 0 Å². The van der Waals surface area contributed by atoms with Gasteiger partial charge in [0, 0.05) is 0 Å². The molecule has 37 valence electrons. The van der Waals surface area contributed by atoms with Crippen molar-refractivity contribution in [2.75, 3.05) is 0 Å². The minimum Gasteiger partial charge on any atom is -0.412 e. The van der Waals surface area contributed by atoms with Crippen LogP contribution in [0.15, 0.2) is 11.5 Å². The van der Waals surface area contributed by atoms with Gasteiger partial charge in [-0.3, -0.25) is 0 Å². The standard InChI is InChI=1S/C4H9Ge.H2O/c1-4-5(2)3;/h4H,1H2,2-3H3;1H2. The molecule has 0 aromatic rings. The van der Waals surface area contributed by atoms with E-state index in [0.29, 0.717) is 0 Å². The fourth-order valence-electron chi connectivity index (χ4n) is 0. The van der Waals surface area contributed by atoms with E-state index in [9.17, 15) is 0 Å². The molecule has 0 fully saturated rings. The summed E-state index contributed by atoms with van der Waals surface area (Å²) in [7, 11) is 0. The summed E-state index contributed by atoms with van der Waals surface area (Å²) in [6.45, 7) is 3.63. The molecule has 2 heteroatoms. The third-order valence-corrected chi connectivity index (χ3v) is 2.12. The zero-order valence-electron chi connectivity index (χ0n) is 4.28. The van der Waals surface area contributed by atoms with E-state index in [1.54, 1.807) is 0 Å². The Kier molecular flexibility index (Phi) is 8.33. The van der Waals surface area contributed by atoms with Crippen LogP contribution in [0, 0.1) is 0 Å². The van der Waals surface area contributed by atoms with E-state index in [2.05, 4.69) is 23.0 Å². The van der Waals surface area contributed by atoms with Gasteiger partial charge >= 0.3 is 37.3 Å². The molecule has 0 aromatic carbocycles. The minimum atomic E-state index is -0.593. The summed E-state index contributed by atoms with van der Waals surface area (Å²) < 4.78 is 0. The van der Waals surface area contributed by atoms with Crippen molar-refractivity contribution in [2.24, 2.45) is 0 Å². The molecule has 0 heterocycles. The Morgan fingerprint density at radius 1 is 1.50 bits per heavy atom. The van der Waals surface area contributed by atoms with Gasteiger partial charge in [-0.2, -0.15) is 0 Å². The van der Waals surface area contributed by atoms with E-state index >= 15 is 0 Å². The van der Waals surface area contributed by atoms with Crippen LogP contribution in [0.2, 0.25) is 11.5 Å². The van der Waals surface area contributed by atoms with E-state index < -0.39 is 14.3 Å². The molecule has 6 heavy (non-hydrogen) atoms. The fourth-order valence-corrected chi connectivity index (χ4v) is 0. The molecule has 0 bridgehead atoms. The van der Waals surface area contributed by atoms with Gasteiger partial charge in [-0.25, -0.2) is 0 Å². The number of rotatable bonds is 1. The van der Waals surface area contributed by atoms with Crippen molar-refractivity contribution in [3.8, 4) is 0 Å². The first-order chi connectivity index (χ1) is 2.27. The molecule has 0 aliphatic heterocycles. The van der Waals surface area contributed by atoms with Crippen molar-refractivity contribution in [2.45, 2.75) is 11.5 Å². The van der Waals surface area contributed by atoms with E-state index in [0.717, 1.165) is 0 Å².